The van der Waals surface area contributed by atoms with Gasteiger partial charge in [-0.15, -0.1) is 11.3 Å². The summed E-state index contributed by atoms with van der Waals surface area (Å²) in [5.41, 5.74) is 2.63. The Morgan fingerprint density at radius 2 is 1.86 bits per heavy atom. The third kappa shape index (κ3) is 3.72. The molecule has 1 aliphatic rings. The SMILES string of the molecule is CC(C)C(=O)N1CCN(Cc2cc(=O)n3c(-c4ccccc4)csc3n2)CC1. The third-order valence-corrected chi connectivity index (χ3v) is 5.92. The molecular weight excluding hydrogens is 372 g/mol. The molecule has 0 spiro atoms. The zero-order chi connectivity index (χ0) is 19.7. The first-order valence-corrected chi connectivity index (χ1v) is 10.5. The quantitative estimate of drug-likeness (QED) is 0.680. The molecule has 0 atom stereocenters. The zero-order valence-electron chi connectivity index (χ0n) is 16.2. The summed E-state index contributed by atoms with van der Waals surface area (Å²) in [6.45, 7) is 7.58. The van der Waals surface area contributed by atoms with Crippen molar-refractivity contribution in [3.63, 3.8) is 0 Å². The molecule has 1 amide bonds. The Morgan fingerprint density at radius 3 is 2.54 bits per heavy atom. The number of piperazine rings is 1. The van der Waals surface area contributed by atoms with Crippen molar-refractivity contribution in [2.24, 2.45) is 5.92 Å². The maximum atomic E-state index is 12.8. The van der Waals surface area contributed by atoms with Gasteiger partial charge in [-0.2, -0.15) is 0 Å². The van der Waals surface area contributed by atoms with E-state index in [2.05, 4.69) is 4.90 Å². The summed E-state index contributed by atoms with van der Waals surface area (Å²) in [6, 6.07) is 11.5. The second-order valence-electron chi connectivity index (χ2n) is 7.45. The van der Waals surface area contributed by atoms with E-state index in [1.54, 1.807) is 10.5 Å². The Labute approximate surface area is 168 Å². The molecule has 7 heteroatoms. The monoisotopic (exact) mass is 396 g/mol. The highest BCUT2D eigenvalue weighted by atomic mass is 32.1. The second-order valence-corrected chi connectivity index (χ2v) is 8.28. The van der Waals surface area contributed by atoms with Crippen molar-refractivity contribution in [1.29, 1.82) is 0 Å². The fourth-order valence-electron chi connectivity index (χ4n) is 3.58. The van der Waals surface area contributed by atoms with Crippen LogP contribution in [0.15, 0.2) is 46.6 Å². The minimum absolute atomic E-state index is 0.0355. The molecule has 3 aromatic rings. The summed E-state index contributed by atoms with van der Waals surface area (Å²) in [4.78, 5) is 34.5. The normalized spacial score (nSPS) is 15.5. The lowest BCUT2D eigenvalue weighted by atomic mass is 10.1. The van der Waals surface area contributed by atoms with Gasteiger partial charge >= 0.3 is 0 Å². The van der Waals surface area contributed by atoms with Gasteiger partial charge in [0.15, 0.2) is 4.96 Å². The van der Waals surface area contributed by atoms with Crippen LogP contribution in [0.3, 0.4) is 0 Å². The molecule has 2 aromatic heterocycles. The van der Waals surface area contributed by atoms with Gasteiger partial charge in [-0.25, -0.2) is 4.98 Å². The Hall–Kier alpha value is -2.51. The molecule has 0 N–H and O–H groups in total. The number of thiazole rings is 1. The third-order valence-electron chi connectivity index (χ3n) is 5.09. The van der Waals surface area contributed by atoms with E-state index in [-0.39, 0.29) is 17.4 Å². The number of carbonyl (C=O) groups excluding carboxylic acids is 1. The zero-order valence-corrected chi connectivity index (χ0v) is 17.0. The van der Waals surface area contributed by atoms with Crippen LogP contribution in [0.2, 0.25) is 0 Å². The smallest absolute Gasteiger partial charge is 0.259 e. The molecule has 0 unspecified atom stereocenters. The lowest BCUT2D eigenvalue weighted by molar-refractivity contribution is -0.136. The lowest BCUT2D eigenvalue weighted by Crippen LogP contribution is -2.49. The van der Waals surface area contributed by atoms with Crippen molar-refractivity contribution in [2.75, 3.05) is 26.2 Å². The van der Waals surface area contributed by atoms with E-state index in [0.29, 0.717) is 6.54 Å². The predicted molar refractivity (Wildman–Crippen MR) is 111 cm³/mol. The largest absolute Gasteiger partial charge is 0.340 e. The van der Waals surface area contributed by atoms with Gasteiger partial charge in [0.1, 0.15) is 0 Å². The Bertz CT molecular complexity index is 1030. The fourth-order valence-corrected chi connectivity index (χ4v) is 4.50. The number of benzene rings is 1. The van der Waals surface area contributed by atoms with Crippen molar-refractivity contribution in [2.45, 2.75) is 20.4 Å². The molecule has 4 rings (SSSR count). The van der Waals surface area contributed by atoms with Crippen LogP contribution in [-0.2, 0) is 11.3 Å². The lowest BCUT2D eigenvalue weighted by Gasteiger charge is -2.35. The topological polar surface area (TPSA) is 57.9 Å². The van der Waals surface area contributed by atoms with Crippen LogP contribution in [0.1, 0.15) is 19.5 Å². The van der Waals surface area contributed by atoms with Gasteiger partial charge in [0.2, 0.25) is 5.91 Å². The molecule has 1 saturated heterocycles. The number of hydrogen-bond donors (Lipinski definition) is 0. The molecule has 0 saturated carbocycles. The molecule has 1 aromatic carbocycles. The molecule has 0 aliphatic carbocycles. The van der Waals surface area contributed by atoms with Crippen LogP contribution < -0.4 is 5.56 Å². The highest BCUT2D eigenvalue weighted by Crippen LogP contribution is 2.24. The molecule has 0 radical (unpaired) electrons. The summed E-state index contributed by atoms with van der Waals surface area (Å²) in [5, 5.41) is 1.99. The van der Waals surface area contributed by atoms with Gasteiger partial charge in [-0.05, 0) is 5.56 Å². The number of amides is 1. The van der Waals surface area contributed by atoms with Crippen molar-refractivity contribution >= 4 is 22.2 Å². The van der Waals surface area contributed by atoms with E-state index in [1.165, 1.54) is 11.3 Å². The van der Waals surface area contributed by atoms with Crippen molar-refractivity contribution in [3.8, 4) is 11.3 Å². The number of nitrogens with zero attached hydrogens (tertiary/aromatic N) is 4. The second kappa shape index (κ2) is 7.85. The number of hydrogen-bond acceptors (Lipinski definition) is 5. The first-order valence-electron chi connectivity index (χ1n) is 9.59. The van der Waals surface area contributed by atoms with E-state index in [0.717, 1.165) is 48.1 Å². The molecule has 28 heavy (non-hydrogen) atoms. The summed E-state index contributed by atoms with van der Waals surface area (Å²) < 4.78 is 1.68. The highest BCUT2D eigenvalue weighted by Gasteiger charge is 2.23. The van der Waals surface area contributed by atoms with Gasteiger partial charge in [-0.1, -0.05) is 44.2 Å². The molecule has 1 fully saturated rings. The van der Waals surface area contributed by atoms with E-state index >= 15 is 0 Å². The van der Waals surface area contributed by atoms with E-state index in [4.69, 9.17) is 4.98 Å². The Morgan fingerprint density at radius 1 is 1.14 bits per heavy atom. The van der Waals surface area contributed by atoms with Crippen LogP contribution in [0.4, 0.5) is 0 Å². The van der Waals surface area contributed by atoms with Gasteiger partial charge in [-0.3, -0.25) is 18.9 Å². The van der Waals surface area contributed by atoms with Crippen LogP contribution in [-0.4, -0.2) is 51.3 Å². The van der Waals surface area contributed by atoms with E-state index in [9.17, 15) is 9.59 Å². The average Bonchev–Trinajstić information content (AvgIpc) is 3.13. The highest BCUT2D eigenvalue weighted by molar-refractivity contribution is 7.15. The van der Waals surface area contributed by atoms with Crippen LogP contribution >= 0.6 is 11.3 Å². The van der Waals surface area contributed by atoms with Gasteiger partial charge in [0, 0.05) is 50.1 Å². The molecule has 1 aliphatic heterocycles. The first-order chi connectivity index (χ1) is 13.5. The molecule has 6 nitrogen and oxygen atoms in total. The van der Waals surface area contributed by atoms with Crippen LogP contribution in [0.25, 0.3) is 16.2 Å². The average molecular weight is 397 g/mol. The Balaban J connectivity index is 1.51. The summed E-state index contributed by atoms with van der Waals surface area (Å²) in [5.74, 6) is 0.248. The molecular formula is C21H24N4O2S. The molecule has 3 heterocycles. The van der Waals surface area contributed by atoms with Gasteiger partial charge in [0.25, 0.3) is 5.56 Å². The predicted octanol–water partition coefficient (Wildman–Crippen LogP) is 2.72. The van der Waals surface area contributed by atoms with Gasteiger partial charge in [0.05, 0.1) is 11.4 Å². The van der Waals surface area contributed by atoms with Crippen molar-refractivity contribution in [3.05, 3.63) is 57.8 Å². The summed E-state index contributed by atoms with van der Waals surface area (Å²) in [7, 11) is 0. The molecule has 0 bridgehead atoms. The standard InChI is InChI=1S/C21H24N4O2S/c1-15(2)20(27)24-10-8-23(9-11-24)13-17-12-19(26)25-18(14-28-21(25)22-17)16-6-4-3-5-7-16/h3-7,12,14-15H,8-11,13H2,1-2H3. The van der Waals surface area contributed by atoms with E-state index in [1.807, 2.05) is 54.5 Å². The minimum atomic E-state index is -0.0475. The maximum absolute atomic E-state index is 12.8. The number of carbonyl (C=O) groups is 1. The number of aromatic nitrogens is 2. The maximum Gasteiger partial charge on any atom is 0.259 e. The fraction of sp³-hybridized carbons (Fsp3) is 0.381. The van der Waals surface area contributed by atoms with Crippen LogP contribution in [0.5, 0.6) is 0 Å². The minimum Gasteiger partial charge on any atom is -0.340 e. The van der Waals surface area contributed by atoms with E-state index < -0.39 is 0 Å². The number of rotatable bonds is 4. The van der Waals surface area contributed by atoms with Gasteiger partial charge < -0.3 is 4.90 Å². The molecule has 146 valence electrons. The van der Waals surface area contributed by atoms with Crippen molar-refractivity contribution < 1.29 is 4.79 Å². The first kappa shape index (κ1) is 18.8. The number of fused-ring (bicyclic) bond motifs is 1. The van der Waals surface area contributed by atoms with Crippen LogP contribution in [0, 0.1) is 5.92 Å². The summed E-state index contributed by atoms with van der Waals surface area (Å²) >= 11 is 1.49. The summed E-state index contributed by atoms with van der Waals surface area (Å²) in [6.07, 6.45) is 0. The van der Waals surface area contributed by atoms with Crippen molar-refractivity contribution in [1.82, 2.24) is 19.2 Å². The Kier molecular flexibility index (Phi) is 5.28.